The molecule has 0 radical (unpaired) electrons. The summed E-state index contributed by atoms with van der Waals surface area (Å²) in [7, 11) is -3.60. The van der Waals surface area contributed by atoms with Gasteiger partial charge in [-0.3, -0.25) is 9.71 Å². The third kappa shape index (κ3) is 8.05. The van der Waals surface area contributed by atoms with E-state index in [1.165, 1.54) is 0 Å². The van der Waals surface area contributed by atoms with E-state index in [9.17, 15) is 8.42 Å². The Morgan fingerprint density at radius 1 is 1.00 bits per heavy atom. The minimum Gasteiger partial charge on any atom is -0.316 e. The second-order valence-electron chi connectivity index (χ2n) is 6.37. The first-order chi connectivity index (χ1) is 11.9. The Labute approximate surface area is 175 Å². The van der Waals surface area contributed by atoms with Crippen LogP contribution in [0.25, 0.3) is 0 Å². The van der Waals surface area contributed by atoms with Crippen molar-refractivity contribution in [3.8, 4) is 0 Å². The second kappa shape index (κ2) is 12.2. The molecule has 2 aromatic rings. The predicted molar refractivity (Wildman–Crippen MR) is 117 cm³/mol. The zero-order valence-electron chi connectivity index (χ0n) is 15.9. The van der Waals surface area contributed by atoms with Gasteiger partial charge in [-0.25, -0.2) is 8.42 Å². The summed E-state index contributed by atoms with van der Waals surface area (Å²) in [5.74, 6) is 0.369. The van der Waals surface area contributed by atoms with Gasteiger partial charge in [0.05, 0.1) is 16.8 Å². The van der Waals surface area contributed by atoms with Gasteiger partial charge in [0, 0.05) is 18.7 Å². The SMILES string of the molecule is CCCNCCc1ccc(NS(=O)(=O)c2ccc(C(C)C)cc2)cn1.Cl.Cl. The van der Waals surface area contributed by atoms with Gasteiger partial charge < -0.3 is 5.32 Å². The van der Waals surface area contributed by atoms with Gasteiger partial charge in [0.2, 0.25) is 0 Å². The van der Waals surface area contributed by atoms with Crippen molar-refractivity contribution in [1.29, 1.82) is 0 Å². The maximum atomic E-state index is 12.5. The Morgan fingerprint density at radius 3 is 2.19 bits per heavy atom. The van der Waals surface area contributed by atoms with Crippen LogP contribution in [0.5, 0.6) is 0 Å². The van der Waals surface area contributed by atoms with Crippen LogP contribution < -0.4 is 10.0 Å². The number of aromatic nitrogens is 1. The van der Waals surface area contributed by atoms with E-state index < -0.39 is 10.0 Å². The van der Waals surface area contributed by atoms with Gasteiger partial charge in [0.25, 0.3) is 10.0 Å². The van der Waals surface area contributed by atoms with E-state index in [2.05, 4.69) is 35.8 Å². The van der Waals surface area contributed by atoms with Gasteiger partial charge in [-0.05, 0) is 48.7 Å². The van der Waals surface area contributed by atoms with Crippen LogP contribution >= 0.6 is 24.8 Å². The number of benzene rings is 1. The quantitative estimate of drug-likeness (QED) is 0.575. The molecule has 0 aliphatic rings. The topological polar surface area (TPSA) is 71.1 Å². The Balaban J connectivity index is 0.00000338. The van der Waals surface area contributed by atoms with E-state index in [-0.39, 0.29) is 29.7 Å². The molecule has 2 rings (SSSR count). The Kier molecular flexibility index (Phi) is 11.6. The normalized spacial score (nSPS) is 10.8. The maximum absolute atomic E-state index is 12.5. The van der Waals surface area contributed by atoms with Crippen LogP contribution in [0.4, 0.5) is 5.69 Å². The Morgan fingerprint density at radius 2 is 1.67 bits per heavy atom. The van der Waals surface area contributed by atoms with E-state index in [4.69, 9.17) is 0 Å². The molecule has 0 bridgehead atoms. The van der Waals surface area contributed by atoms with E-state index in [1.54, 1.807) is 24.4 Å². The Hall–Kier alpha value is -1.34. The molecular formula is C19H29Cl2N3O2S. The van der Waals surface area contributed by atoms with Crippen molar-refractivity contribution in [1.82, 2.24) is 10.3 Å². The Bertz CT molecular complexity index is 765. The number of pyridine rings is 1. The average molecular weight is 434 g/mol. The molecule has 0 amide bonds. The fraction of sp³-hybridized carbons (Fsp3) is 0.421. The lowest BCUT2D eigenvalue weighted by Crippen LogP contribution is -2.18. The molecule has 0 aliphatic heterocycles. The summed E-state index contributed by atoms with van der Waals surface area (Å²) in [6, 6.07) is 10.6. The third-order valence-corrected chi connectivity index (χ3v) is 5.32. The standard InChI is InChI=1S/C19H27N3O2S.2ClH/c1-4-12-20-13-11-17-7-8-18(14-21-17)22-25(23,24)19-9-5-16(6-10-19)15(2)3;;/h5-10,14-15,20,22H,4,11-13H2,1-3H3;2*1H. The van der Waals surface area contributed by atoms with E-state index in [1.807, 2.05) is 18.2 Å². The number of anilines is 1. The van der Waals surface area contributed by atoms with Crippen molar-refractivity contribution in [3.63, 3.8) is 0 Å². The van der Waals surface area contributed by atoms with Crippen molar-refractivity contribution in [3.05, 3.63) is 53.9 Å². The zero-order valence-corrected chi connectivity index (χ0v) is 18.4. The van der Waals surface area contributed by atoms with Crippen LogP contribution in [0.1, 0.15) is 44.4 Å². The molecule has 8 heteroatoms. The lowest BCUT2D eigenvalue weighted by atomic mass is 10.0. The molecule has 0 saturated carbocycles. The summed E-state index contributed by atoms with van der Waals surface area (Å²) in [6.07, 6.45) is 3.49. The van der Waals surface area contributed by atoms with Crippen LogP contribution in [0, 0.1) is 0 Å². The molecule has 2 N–H and O–H groups in total. The van der Waals surface area contributed by atoms with Crippen molar-refractivity contribution in [2.45, 2.75) is 44.4 Å². The van der Waals surface area contributed by atoms with Gasteiger partial charge in [-0.2, -0.15) is 0 Å². The monoisotopic (exact) mass is 433 g/mol. The van der Waals surface area contributed by atoms with Crippen LogP contribution in [0.2, 0.25) is 0 Å². The zero-order chi connectivity index (χ0) is 18.3. The molecule has 0 fully saturated rings. The molecular weight excluding hydrogens is 405 g/mol. The first-order valence-electron chi connectivity index (χ1n) is 8.71. The number of sulfonamides is 1. The first-order valence-corrected chi connectivity index (χ1v) is 10.2. The fourth-order valence-corrected chi connectivity index (χ4v) is 3.44. The summed E-state index contributed by atoms with van der Waals surface area (Å²) in [5.41, 5.74) is 2.52. The number of rotatable bonds is 9. The summed E-state index contributed by atoms with van der Waals surface area (Å²) in [4.78, 5) is 4.58. The molecule has 0 unspecified atom stereocenters. The van der Waals surface area contributed by atoms with Gasteiger partial charge in [0.1, 0.15) is 0 Å². The molecule has 0 spiro atoms. The maximum Gasteiger partial charge on any atom is 0.261 e. The average Bonchev–Trinajstić information content (AvgIpc) is 2.60. The minimum atomic E-state index is -3.60. The van der Waals surface area contributed by atoms with Crippen molar-refractivity contribution >= 4 is 40.5 Å². The second-order valence-corrected chi connectivity index (χ2v) is 8.05. The molecule has 27 heavy (non-hydrogen) atoms. The third-order valence-electron chi connectivity index (χ3n) is 3.92. The van der Waals surface area contributed by atoms with Crippen molar-refractivity contribution < 1.29 is 8.42 Å². The molecule has 1 heterocycles. The van der Waals surface area contributed by atoms with E-state index in [0.717, 1.165) is 37.2 Å². The van der Waals surface area contributed by atoms with Crippen LogP contribution in [0.15, 0.2) is 47.5 Å². The molecule has 1 aromatic carbocycles. The minimum absolute atomic E-state index is 0. The number of hydrogen-bond donors (Lipinski definition) is 2. The summed E-state index contributed by atoms with van der Waals surface area (Å²) >= 11 is 0. The van der Waals surface area contributed by atoms with Crippen molar-refractivity contribution in [2.24, 2.45) is 0 Å². The van der Waals surface area contributed by atoms with Gasteiger partial charge in [-0.1, -0.05) is 32.9 Å². The van der Waals surface area contributed by atoms with Gasteiger partial charge in [0.15, 0.2) is 0 Å². The summed E-state index contributed by atoms with van der Waals surface area (Å²) in [5, 5.41) is 3.32. The molecule has 5 nitrogen and oxygen atoms in total. The van der Waals surface area contributed by atoms with Crippen LogP contribution in [0.3, 0.4) is 0 Å². The molecule has 0 aliphatic carbocycles. The smallest absolute Gasteiger partial charge is 0.261 e. The number of nitrogens with one attached hydrogen (secondary N) is 2. The predicted octanol–water partition coefficient (Wildman–Crippen LogP) is 4.39. The van der Waals surface area contributed by atoms with Gasteiger partial charge >= 0.3 is 0 Å². The molecule has 152 valence electrons. The highest BCUT2D eigenvalue weighted by Gasteiger charge is 2.14. The highest BCUT2D eigenvalue weighted by atomic mass is 35.5. The summed E-state index contributed by atoms with van der Waals surface area (Å²) in [6.45, 7) is 8.14. The fourth-order valence-electron chi connectivity index (χ4n) is 2.40. The molecule has 0 saturated heterocycles. The number of hydrogen-bond acceptors (Lipinski definition) is 4. The number of nitrogens with zero attached hydrogens (tertiary/aromatic N) is 1. The van der Waals surface area contributed by atoms with Gasteiger partial charge in [-0.15, -0.1) is 24.8 Å². The lowest BCUT2D eigenvalue weighted by molar-refractivity contribution is 0.601. The lowest BCUT2D eigenvalue weighted by Gasteiger charge is -2.10. The van der Waals surface area contributed by atoms with E-state index in [0.29, 0.717) is 11.6 Å². The molecule has 0 atom stereocenters. The highest BCUT2D eigenvalue weighted by Crippen LogP contribution is 2.19. The first kappa shape index (κ1) is 25.7. The highest BCUT2D eigenvalue weighted by molar-refractivity contribution is 7.92. The largest absolute Gasteiger partial charge is 0.316 e. The number of halogens is 2. The van der Waals surface area contributed by atoms with Crippen LogP contribution in [-0.2, 0) is 16.4 Å². The summed E-state index contributed by atoms with van der Waals surface area (Å²) < 4.78 is 27.5. The van der Waals surface area contributed by atoms with Crippen LogP contribution in [-0.4, -0.2) is 26.5 Å². The van der Waals surface area contributed by atoms with E-state index >= 15 is 0 Å². The molecule has 1 aromatic heterocycles. The van der Waals surface area contributed by atoms with Crippen molar-refractivity contribution in [2.75, 3.05) is 17.8 Å².